The Morgan fingerprint density at radius 1 is 0.667 bits per heavy atom. The zero-order valence-corrected chi connectivity index (χ0v) is 31.5. The molecule has 0 heterocycles. The molecule has 2 aromatic carbocycles. The van der Waals surface area contributed by atoms with Crippen LogP contribution in [0.15, 0.2) is 71.0 Å². The SMILES string of the molecule is COC(=O)[C@H](Cc1ccccc1)N[C@@]1(C)/C(=N/OCO/N=C2\C[C@H]3C[C@H](C3(C)C)[C@@]2(C)N[C@@H](Cc2ccccc2)C(=O)OC)C[C@H]2C[C@@H]1C2(C)C. The first-order valence-corrected chi connectivity index (χ1v) is 18.4. The van der Waals surface area contributed by atoms with Gasteiger partial charge in [0.25, 0.3) is 6.79 Å². The van der Waals surface area contributed by atoms with Crippen molar-refractivity contribution in [2.24, 2.45) is 44.8 Å². The number of nitrogens with one attached hydrogen (secondary N) is 2. The van der Waals surface area contributed by atoms with E-state index in [0.717, 1.165) is 48.2 Å². The van der Waals surface area contributed by atoms with Crippen LogP contribution in [0.5, 0.6) is 0 Å². The smallest absolute Gasteiger partial charge is 0.323 e. The number of carbonyl (C=O) groups is 2. The molecule has 10 nitrogen and oxygen atoms in total. The Bertz CT molecular complexity index is 1510. The van der Waals surface area contributed by atoms with Crippen LogP contribution in [0.4, 0.5) is 0 Å². The van der Waals surface area contributed by atoms with Crippen molar-refractivity contribution >= 4 is 23.4 Å². The molecule has 6 saturated carbocycles. The van der Waals surface area contributed by atoms with E-state index >= 15 is 0 Å². The summed E-state index contributed by atoms with van der Waals surface area (Å²) in [6, 6.07) is 18.9. The number of hydrogen-bond donors (Lipinski definition) is 2. The van der Waals surface area contributed by atoms with Gasteiger partial charge in [-0.25, -0.2) is 0 Å². The van der Waals surface area contributed by atoms with Gasteiger partial charge in [0, 0.05) is 0 Å². The van der Waals surface area contributed by atoms with Crippen molar-refractivity contribution in [2.45, 2.75) is 103 Å². The van der Waals surface area contributed by atoms with E-state index in [2.05, 4.69) is 62.5 Å². The minimum absolute atomic E-state index is 0.0896. The lowest BCUT2D eigenvalue weighted by Gasteiger charge is -2.64. The average Bonchev–Trinajstić information content (AvgIpc) is 3.11. The molecular formula is C41H56N4O6. The Labute approximate surface area is 303 Å². The molecule has 6 aliphatic carbocycles. The second-order valence-corrected chi connectivity index (χ2v) is 16.7. The standard InChI is InChI=1S/C41H56N4O6/c1-38(2)28-21-32(38)40(5,42-30(36(46)48-7)19-26-15-11-9-12-16-26)34(23-28)44-50-25-51-45-35-24-29-22-33(39(29,3)4)41(35,6)43-31(37(47)49-8)20-27-17-13-10-14-18-27/h9-18,28-33,42-43H,19-25H2,1-8H3/b44-34+,45-35+/t28-,29-,30+,31+,32-,33-,40-,41-/m1/s1. The van der Waals surface area contributed by atoms with Crippen LogP contribution in [0.1, 0.15) is 78.4 Å². The van der Waals surface area contributed by atoms with Gasteiger partial charge >= 0.3 is 11.9 Å². The maximum Gasteiger partial charge on any atom is 0.323 e. The first-order chi connectivity index (χ1) is 24.2. The Morgan fingerprint density at radius 3 is 1.37 bits per heavy atom. The third-order valence-corrected chi connectivity index (χ3v) is 13.4. The molecule has 276 valence electrons. The number of rotatable bonds is 14. The van der Waals surface area contributed by atoms with Gasteiger partial charge in [0.05, 0.1) is 36.7 Å². The molecule has 0 spiro atoms. The van der Waals surface area contributed by atoms with Gasteiger partial charge in [-0.2, -0.15) is 0 Å². The maximum atomic E-state index is 13.1. The number of methoxy groups -OCH3 is 2. The first-order valence-electron chi connectivity index (χ1n) is 18.4. The molecule has 0 amide bonds. The molecule has 10 heteroatoms. The summed E-state index contributed by atoms with van der Waals surface area (Å²) >= 11 is 0. The largest absolute Gasteiger partial charge is 0.468 e. The molecule has 2 aromatic rings. The van der Waals surface area contributed by atoms with Crippen LogP contribution in [0.25, 0.3) is 0 Å². The fraction of sp³-hybridized carbons (Fsp3) is 0.610. The summed E-state index contributed by atoms with van der Waals surface area (Å²) in [5, 5.41) is 16.7. The molecule has 6 fully saturated rings. The predicted molar refractivity (Wildman–Crippen MR) is 197 cm³/mol. The fourth-order valence-electron chi connectivity index (χ4n) is 9.94. The summed E-state index contributed by atoms with van der Waals surface area (Å²) in [5.41, 5.74) is 2.85. The van der Waals surface area contributed by atoms with Crippen molar-refractivity contribution in [3.63, 3.8) is 0 Å². The Kier molecular flexibility index (Phi) is 10.4. The van der Waals surface area contributed by atoms with Crippen LogP contribution in [-0.2, 0) is 41.6 Å². The zero-order chi connectivity index (χ0) is 36.6. The third-order valence-electron chi connectivity index (χ3n) is 13.4. The molecule has 0 aromatic heterocycles. The fourth-order valence-corrected chi connectivity index (χ4v) is 9.94. The van der Waals surface area contributed by atoms with Crippen molar-refractivity contribution in [2.75, 3.05) is 21.0 Å². The van der Waals surface area contributed by atoms with E-state index in [0.29, 0.717) is 24.7 Å². The molecule has 8 rings (SSSR count). The van der Waals surface area contributed by atoms with Gasteiger partial charge in [-0.15, -0.1) is 0 Å². The number of ether oxygens (including phenoxy) is 2. The second-order valence-electron chi connectivity index (χ2n) is 16.7. The quantitative estimate of drug-likeness (QED) is 0.105. The Morgan fingerprint density at radius 2 is 1.04 bits per heavy atom. The van der Waals surface area contributed by atoms with Crippen molar-refractivity contribution in [1.29, 1.82) is 0 Å². The number of fused-ring (bicyclic) bond motifs is 4. The van der Waals surface area contributed by atoms with Crippen molar-refractivity contribution in [3.05, 3.63) is 71.8 Å². The van der Waals surface area contributed by atoms with Crippen molar-refractivity contribution in [1.82, 2.24) is 10.6 Å². The van der Waals surface area contributed by atoms with E-state index in [4.69, 9.17) is 19.1 Å². The number of carbonyl (C=O) groups excluding carboxylic acids is 2. The monoisotopic (exact) mass is 700 g/mol. The van der Waals surface area contributed by atoms with Gasteiger partial charge in [-0.05, 0) is 98.0 Å². The van der Waals surface area contributed by atoms with Crippen molar-refractivity contribution in [3.8, 4) is 0 Å². The van der Waals surface area contributed by atoms with Gasteiger partial charge in [0.1, 0.15) is 12.1 Å². The highest BCUT2D eigenvalue weighted by atomic mass is 16.8. The number of hydrogen-bond acceptors (Lipinski definition) is 10. The topological polar surface area (TPSA) is 120 Å². The van der Waals surface area contributed by atoms with Gasteiger partial charge in [-0.3, -0.25) is 20.2 Å². The van der Waals surface area contributed by atoms with Crippen LogP contribution in [0.2, 0.25) is 0 Å². The number of esters is 2. The molecule has 6 aliphatic rings. The van der Waals surface area contributed by atoms with E-state index in [1.54, 1.807) is 0 Å². The van der Waals surface area contributed by atoms with E-state index in [1.165, 1.54) is 14.2 Å². The molecule has 51 heavy (non-hydrogen) atoms. The van der Waals surface area contributed by atoms with Crippen LogP contribution < -0.4 is 10.6 Å². The van der Waals surface area contributed by atoms with E-state index in [9.17, 15) is 9.59 Å². The van der Waals surface area contributed by atoms with Crippen molar-refractivity contribution < 1.29 is 28.7 Å². The first kappa shape index (κ1) is 37.0. The number of benzene rings is 2. The van der Waals surface area contributed by atoms with E-state index < -0.39 is 23.2 Å². The minimum atomic E-state index is -0.585. The summed E-state index contributed by atoms with van der Waals surface area (Å²) < 4.78 is 10.5. The molecule has 0 aliphatic heterocycles. The highest BCUT2D eigenvalue weighted by molar-refractivity contribution is 5.97. The van der Waals surface area contributed by atoms with Crippen LogP contribution in [0, 0.1) is 34.5 Å². The molecule has 4 bridgehead atoms. The normalized spacial score (nSPS) is 32.5. The van der Waals surface area contributed by atoms with Gasteiger partial charge in [0.2, 0.25) is 0 Å². The number of nitrogens with zero attached hydrogens (tertiary/aromatic N) is 2. The summed E-state index contributed by atoms with van der Waals surface area (Å²) in [7, 11) is 2.86. The molecule has 8 atom stereocenters. The van der Waals surface area contributed by atoms with Gasteiger partial charge in [-0.1, -0.05) is 98.7 Å². The van der Waals surface area contributed by atoms with E-state index in [-0.39, 0.29) is 41.4 Å². The summed E-state index contributed by atoms with van der Waals surface area (Å²) in [4.78, 5) is 37.9. The van der Waals surface area contributed by atoms with E-state index in [1.807, 2.05) is 60.7 Å². The molecule has 0 unspecified atom stereocenters. The second kappa shape index (κ2) is 14.3. The van der Waals surface area contributed by atoms with Crippen LogP contribution in [0.3, 0.4) is 0 Å². The highest BCUT2D eigenvalue weighted by Gasteiger charge is 2.64. The van der Waals surface area contributed by atoms with Crippen LogP contribution >= 0.6 is 0 Å². The lowest BCUT2D eigenvalue weighted by Crippen LogP contribution is -2.72. The van der Waals surface area contributed by atoms with Gasteiger partial charge in [0.15, 0.2) is 0 Å². The summed E-state index contributed by atoms with van der Waals surface area (Å²) in [6.07, 6.45) is 4.64. The molecule has 0 saturated heterocycles. The molecule has 0 radical (unpaired) electrons. The Hall–Kier alpha value is -3.76. The molecular weight excluding hydrogens is 644 g/mol. The highest BCUT2D eigenvalue weighted by Crippen LogP contribution is 2.63. The van der Waals surface area contributed by atoms with Gasteiger partial charge < -0.3 is 19.1 Å². The van der Waals surface area contributed by atoms with Crippen LogP contribution in [-0.4, -0.2) is 67.5 Å². The average molecular weight is 701 g/mol. The minimum Gasteiger partial charge on any atom is -0.468 e. The third kappa shape index (κ3) is 6.93. The predicted octanol–water partition coefficient (Wildman–Crippen LogP) is 6.09. The summed E-state index contributed by atoms with van der Waals surface area (Å²) in [5.74, 6) is 0.879. The number of oxime groups is 2. The lowest BCUT2D eigenvalue weighted by molar-refractivity contribution is -0.145. The summed E-state index contributed by atoms with van der Waals surface area (Å²) in [6.45, 7) is 13.3. The molecule has 2 N–H and O–H groups in total. The zero-order valence-electron chi connectivity index (χ0n) is 31.5. The maximum absolute atomic E-state index is 13.1. The Balaban J connectivity index is 1.18. The lowest BCUT2D eigenvalue weighted by atomic mass is 9.43.